The van der Waals surface area contributed by atoms with Gasteiger partial charge in [0.05, 0.1) is 18.7 Å². The first-order valence-electron chi connectivity index (χ1n) is 12.7. The minimum absolute atomic E-state index is 0.0563. The van der Waals surface area contributed by atoms with E-state index in [9.17, 15) is 9.59 Å². The molecule has 3 heterocycles. The lowest BCUT2D eigenvalue weighted by Gasteiger charge is -2.43. The Morgan fingerprint density at radius 1 is 0.946 bits per heavy atom. The Kier molecular flexibility index (Phi) is 7.70. The van der Waals surface area contributed by atoms with E-state index in [-0.39, 0.29) is 18.1 Å². The summed E-state index contributed by atoms with van der Waals surface area (Å²) in [5, 5.41) is 3.10. The Hall–Kier alpha value is -3.84. The standard InChI is InChI=1S/C30H32N2O5/c1-35-29(33)24-12-10-21(11-13-24)20-36-26-9-5-8-25(18-26)28(23-6-3-2-4-7-23)31-30(34)37-27-19-32-16-14-22(27)15-17-32/h2-13,18,22,27-28H,14-17,19-20H2,1H3,(H,31,34). The Bertz CT molecular complexity index is 1210. The van der Waals surface area contributed by atoms with E-state index >= 15 is 0 Å². The van der Waals surface area contributed by atoms with Crippen molar-refractivity contribution < 1.29 is 23.8 Å². The molecule has 0 saturated carbocycles. The van der Waals surface area contributed by atoms with Gasteiger partial charge in [-0.2, -0.15) is 0 Å². The topological polar surface area (TPSA) is 77.1 Å². The summed E-state index contributed by atoms with van der Waals surface area (Å²) in [7, 11) is 1.36. The van der Waals surface area contributed by atoms with E-state index in [1.165, 1.54) is 7.11 Å². The van der Waals surface area contributed by atoms with E-state index in [1.54, 1.807) is 12.1 Å². The van der Waals surface area contributed by atoms with E-state index < -0.39 is 6.09 Å². The van der Waals surface area contributed by atoms with Gasteiger partial charge in [-0.05, 0) is 72.8 Å². The van der Waals surface area contributed by atoms with Crippen LogP contribution in [-0.2, 0) is 16.1 Å². The van der Waals surface area contributed by atoms with E-state index in [1.807, 2.05) is 66.7 Å². The number of hydrogen-bond donors (Lipinski definition) is 1. The number of nitrogens with zero attached hydrogens (tertiary/aromatic N) is 1. The third-order valence-electron chi connectivity index (χ3n) is 7.22. The van der Waals surface area contributed by atoms with Crippen LogP contribution < -0.4 is 10.1 Å². The molecule has 0 aromatic heterocycles. The number of nitrogens with one attached hydrogen (secondary N) is 1. The number of esters is 1. The van der Waals surface area contributed by atoms with Gasteiger partial charge in [-0.3, -0.25) is 4.90 Å². The first-order valence-corrected chi connectivity index (χ1v) is 12.7. The monoisotopic (exact) mass is 500 g/mol. The molecule has 2 bridgehead atoms. The lowest BCUT2D eigenvalue weighted by molar-refractivity contribution is -0.0336. The van der Waals surface area contributed by atoms with Crippen LogP contribution in [0.25, 0.3) is 0 Å². The molecule has 2 unspecified atom stereocenters. The summed E-state index contributed by atoms with van der Waals surface area (Å²) in [4.78, 5) is 27.0. The average Bonchev–Trinajstić information content (AvgIpc) is 2.96. The lowest BCUT2D eigenvalue weighted by Crippen LogP contribution is -2.52. The van der Waals surface area contributed by atoms with Crippen LogP contribution in [0.2, 0.25) is 0 Å². The number of amides is 1. The normalized spacial score (nSPS) is 21.1. The van der Waals surface area contributed by atoms with E-state index in [2.05, 4.69) is 10.2 Å². The molecule has 1 N–H and O–H groups in total. The highest BCUT2D eigenvalue weighted by atomic mass is 16.6. The summed E-state index contributed by atoms with van der Waals surface area (Å²) in [6, 6.07) is 24.3. The molecular weight excluding hydrogens is 468 g/mol. The Balaban J connectivity index is 1.27. The van der Waals surface area contributed by atoms with Crippen molar-refractivity contribution in [2.45, 2.75) is 31.6 Å². The van der Waals surface area contributed by atoms with Gasteiger partial charge in [0.1, 0.15) is 18.5 Å². The van der Waals surface area contributed by atoms with E-state index in [0.29, 0.717) is 23.8 Å². The second kappa shape index (κ2) is 11.5. The number of alkyl carbamates (subject to hydrolysis) is 1. The predicted octanol–water partition coefficient (Wildman–Crippen LogP) is 4.96. The van der Waals surface area contributed by atoms with Gasteiger partial charge in [0.25, 0.3) is 0 Å². The van der Waals surface area contributed by atoms with Crippen LogP contribution in [0.4, 0.5) is 4.79 Å². The Morgan fingerprint density at radius 2 is 1.68 bits per heavy atom. The highest BCUT2D eigenvalue weighted by molar-refractivity contribution is 5.89. The van der Waals surface area contributed by atoms with Crippen molar-refractivity contribution >= 4 is 12.1 Å². The zero-order chi connectivity index (χ0) is 25.6. The molecule has 2 atom stereocenters. The van der Waals surface area contributed by atoms with Crippen LogP contribution in [-0.4, -0.2) is 49.8 Å². The average molecular weight is 501 g/mol. The van der Waals surface area contributed by atoms with Gasteiger partial charge in [-0.1, -0.05) is 54.6 Å². The smallest absolute Gasteiger partial charge is 0.408 e. The number of carbonyl (C=O) groups is 2. The summed E-state index contributed by atoms with van der Waals surface area (Å²) in [6.07, 6.45) is 1.72. The molecule has 37 heavy (non-hydrogen) atoms. The molecule has 3 aliphatic heterocycles. The minimum atomic E-state index is -0.398. The molecule has 0 spiro atoms. The first-order chi connectivity index (χ1) is 18.1. The van der Waals surface area contributed by atoms with Crippen LogP contribution in [0.3, 0.4) is 0 Å². The summed E-state index contributed by atoms with van der Waals surface area (Å²) in [5.41, 5.74) is 3.28. The number of hydrogen-bond acceptors (Lipinski definition) is 6. The second-order valence-electron chi connectivity index (χ2n) is 9.62. The molecule has 7 nitrogen and oxygen atoms in total. The molecule has 3 aromatic rings. The number of carbonyl (C=O) groups excluding carboxylic acids is 2. The van der Waals surface area contributed by atoms with Crippen molar-refractivity contribution in [3.8, 4) is 5.75 Å². The van der Waals surface area contributed by atoms with Gasteiger partial charge in [0, 0.05) is 6.54 Å². The molecule has 0 aliphatic carbocycles. The third-order valence-corrected chi connectivity index (χ3v) is 7.22. The number of fused-ring (bicyclic) bond motifs is 3. The quantitative estimate of drug-likeness (QED) is 0.441. The van der Waals surface area contributed by atoms with Gasteiger partial charge in [-0.25, -0.2) is 9.59 Å². The van der Waals surface area contributed by atoms with Gasteiger partial charge in [-0.15, -0.1) is 0 Å². The SMILES string of the molecule is COC(=O)c1ccc(COc2cccc(C(NC(=O)OC3CN4CCC3CC4)c3ccccc3)c2)cc1. The number of benzene rings is 3. The van der Waals surface area contributed by atoms with Crippen LogP contribution in [0.15, 0.2) is 78.9 Å². The molecule has 7 heteroatoms. The summed E-state index contributed by atoms with van der Waals surface area (Å²) in [6.45, 7) is 3.36. The molecule has 6 rings (SSSR count). The summed E-state index contributed by atoms with van der Waals surface area (Å²) < 4.78 is 16.7. The van der Waals surface area contributed by atoms with Crippen LogP contribution in [0.5, 0.6) is 5.75 Å². The molecular formula is C30H32N2O5. The highest BCUT2D eigenvalue weighted by Gasteiger charge is 2.36. The minimum Gasteiger partial charge on any atom is -0.489 e. The lowest BCUT2D eigenvalue weighted by atomic mass is 9.86. The van der Waals surface area contributed by atoms with Gasteiger partial charge < -0.3 is 19.5 Å². The maximum absolute atomic E-state index is 13.0. The Morgan fingerprint density at radius 3 is 2.35 bits per heavy atom. The van der Waals surface area contributed by atoms with Crippen LogP contribution in [0, 0.1) is 5.92 Å². The molecule has 192 valence electrons. The Labute approximate surface area is 217 Å². The largest absolute Gasteiger partial charge is 0.489 e. The van der Waals surface area contributed by atoms with Crippen molar-refractivity contribution in [1.82, 2.24) is 10.2 Å². The molecule has 1 amide bonds. The number of ether oxygens (including phenoxy) is 3. The van der Waals surface area contributed by atoms with Crippen LogP contribution >= 0.6 is 0 Å². The number of piperidine rings is 3. The van der Waals surface area contributed by atoms with Crippen molar-refractivity contribution in [3.05, 3.63) is 101 Å². The predicted molar refractivity (Wildman–Crippen MR) is 139 cm³/mol. The summed E-state index contributed by atoms with van der Waals surface area (Å²) >= 11 is 0. The van der Waals surface area contributed by atoms with Crippen molar-refractivity contribution in [2.24, 2.45) is 5.92 Å². The number of methoxy groups -OCH3 is 1. The zero-order valence-electron chi connectivity index (χ0n) is 21.0. The fourth-order valence-electron chi connectivity index (χ4n) is 5.14. The molecule has 3 aliphatic rings. The summed E-state index contributed by atoms with van der Waals surface area (Å²) in [5.74, 6) is 0.763. The second-order valence-corrected chi connectivity index (χ2v) is 9.62. The zero-order valence-corrected chi connectivity index (χ0v) is 21.0. The molecule has 3 saturated heterocycles. The van der Waals surface area contributed by atoms with Crippen molar-refractivity contribution in [3.63, 3.8) is 0 Å². The molecule has 3 fully saturated rings. The first kappa shape index (κ1) is 24.8. The maximum atomic E-state index is 13.0. The van der Waals surface area contributed by atoms with E-state index in [0.717, 1.165) is 49.2 Å². The van der Waals surface area contributed by atoms with Crippen LogP contribution in [0.1, 0.15) is 45.9 Å². The fraction of sp³-hybridized carbons (Fsp3) is 0.333. The number of rotatable bonds is 8. The van der Waals surface area contributed by atoms with Gasteiger partial charge in [0.15, 0.2) is 0 Å². The van der Waals surface area contributed by atoms with Gasteiger partial charge in [0.2, 0.25) is 0 Å². The fourth-order valence-corrected chi connectivity index (χ4v) is 5.14. The molecule has 0 radical (unpaired) electrons. The molecule has 3 aromatic carbocycles. The van der Waals surface area contributed by atoms with E-state index in [4.69, 9.17) is 14.2 Å². The van der Waals surface area contributed by atoms with Gasteiger partial charge >= 0.3 is 12.1 Å². The maximum Gasteiger partial charge on any atom is 0.408 e. The van der Waals surface area contributed by atoms with Crippen molar-refractivity contribution in [1.29, 1.82) is 0 Å². The highest BCUT2D eigenvalue weighted by Crippen LogP contribution is 2.30. The third kappa shape index (κ3) is 6.12. The van der Waals surface area contributed by atoms with Crippen molar-refractivity contribution in [2.75, 3.05) is 26.7 Å².